The van der Waals surface area contributed by atoms with Crippen LogP contribution < -0.4 is 5.32 Å². The summed E-state index contributed by atoms with van der Waals surface area (Å²) in [6.07, 6.45) is 6.25. The molecule has 1 saturated carbocycles. The fraction of sp³-hybridized carbons (Fsp3) is 0.588. The molecule has 0 bridgehead atoms. The number of carbonyl (C=O) groups is 1. The highest BCUT2D eigenvalue weighted by atomic mass is 79.9. The van der Waals surface area contributed by atoms with Crippen LogP contribution in [-0.2, 0) is 14.8 Å². The lowest BCUT2D eigenvalue weighted by Gasteiger charge is -2.24. The largest absolute Gasteiger partial charge is 0.353 e. The van der Waals surface area contributed by atoms with Crippen molar-refractivity contribution in [3.63, 3.8) is 0 Å². The molecule has 2 fully saturated rings. The van der Waals surface area contributed by atoms with Crippen LogP contribution in [0, 0.1) is 5.92 Å². The van der Waals surface area contributed by atoms with Gasteiger partial charge in [-0.1, -0.05) is 41.3 Å². The molecule has 0 aromatic heterocycles. The average Bonchev–Trinajstić information content (AvgIpc) is 3.07. The molecule has 1 amide bonds. The first-order valence-corrected chi connectivity index (χ1v) is 10.8. The molecule has 132 valence electrons. The van der Waals surface area contributed by atoms with Gasteiger partial charge in [-0.3, -0.25) is 4.79 Å². The van der Waals surface area contributed by atoms with Gasteiger partial charge in [-0.05, 0) is 37.5 Å². The molecule has 2 aliphatic rings. The molecule has 3 rings (SSSR count). The third-order valence-corrected chi connectivity index (χ3v) is 7.26. The van der Waals surface area contributed by atoms with Crippen molar-refractivity contribution in [1.29, 1.82) is 0 Å². The van der Waals surface area contributed by atoms with E-state index in [-0.39, 0.29) is 29.3 Å². The van der Waals surface area contributed by atoms with Gasteiger partial charge in [-0.2, -0.15) is 4.31 Å². The summed E-state index contributed by atoms with van der Waals surface area (Å²) in [7, 11) is -3.54. The summed E-state index contributed by atoms with van der Waals surface area (Å²) in [5, 5.41) is 3.11. The standard InChI is InChI=1S/C17H23BrN2O3S/c18-14-5-4-8-16(11-14)24(22,23)20-10-9-13(12-20)17(21)19-15-6-2-1-3-7-15/h4-5,8,11,13,15H,1-3,6-7,9-10,12H2,(H,19,21). The smallest absolute Gasteiger partial charge is 0.243 e. The second-order valence-corrected chi connectivity index (χ2v) is 9.50. The van der Waals surface area contributed by atoms with Gasteiger partial charge in [0.2, 0.25) is 15.9 Å². The summed E-state index contributed by atoms with van der Waals surface area (Å²) in [6.45, 7) is 0.672. The minimum atomic E-state index is -3.54. The Morgan fingerprint density at radius 2 is 1.92 bits per heavy atom. The van der Waals surface area contributed by atoms with Crippen LogP contribution in [-0.4, -0.2) is 37.8 Å². The molecule has 1 N–H and O–H groups in total. The Kier molecular flexibility index (Phi) is 5.62. The first-order valence-electron chi connectivity index (χ1n) is 8.53. The van der Waals surface area contributed by atoms with Crippen molar-refractivity contribution >= 4 is 31.9 Å². The van der Waals surface area contributed by atoms with E-state index in [1.54, 1.807) is 24.3 Å². The van der Waals surface area contributed by atoms with E-state index in [0.29, 0.717) is 13.0 Å². The molecule has 0 radical (unpaired) electrons. The molecule has 1 aromatic rings. The van der Waals surface area contributed by atoms with Crippen LogP contribution in [0.5, 0.6) is 0 Å². The number of sulfonamides is 1. The van der Waals surface area contributed by atoms with E-state index < -0.39 is 10.0 Å². The first kappa shape index (κ1) is 17.9. The lowest BCUT2D eigenvalue weighted by Crippen LogP contribution is -2.41. The van der Waals surface area contributed by atoms with Crippen LogP contribution in [0.15, 0.2) is 33.6 Å². The van der Waals surface area contributed by atoms with Gasteiger partial charge in [0, 0.05) is 23.6 Å². The fourth-order valence-electron chi connectivity index (χ4n) is 3.50. The number of hydrogen-bond donors (Lipinski definition) is 1. The summed E-state index contributed by atoms with van der Waals surface area (Å²) >= 11 is 3.31. The Balaban J connectivity index is 1.63. The maximum atomic E-state index is 12.7. The zero-order chi connectivity index (χ0) is 17.2. The molecule has 1 aliphatic carbocycles. The van der Waals surface area contributed by atoms with Gasteiger partial charge in [0.1, 0.15) is 0 Å². The molecular weight excluding hydrogens is 392 g/mol. The molecule has 1 atom stereocenters. The number of rotatable bonds is 4. The Morgan fingerprint density at radius 3 is 2.62 bits per heavy atom. The number of nitrogens with zero attached hydrogens (tertiary/aromatic N) is 1. The number of carbonyl (C=O) groups excluding carboxylic acids is 1. The molecule has 1 saturated heterocycles. The lowest BCUT2D eigenvalue weighted by atomic mass is 9.95. The number of nitrogens with one attached hydrogen (secondary N) is 1. The van der Waals surface area contributed by atoms with Crippen molar-refractivity contribution in [2.45, 2.75) is 49.5 Å². The van der Waals surface area contributed by atoms with Crippen molar-refractivity contribution < 1.29 is 13.2 Å². The van der Waals surface area contributed by atoms with Crippen LogP contribution in [0.25, 0.3) is 0 Å². The minimum absolute atomic E-state index is 0.00819. The normalized spacial score (nSPS) is 23.3. The van der Waals surface area contributed by atoms with Gasteiger partial charge in [0.05, 0.1) is 10.8 Å². The minimum Gasteiger partial charge on any atom is -0.353 e. The third kappa shape index (κ3) is 4.00. The molecule has 0 spiro atoms. The van der Waals surface area contributed by atoms with Crippen molar-refractivity contribution in [2.75, 3.05) is 13.1 Å². The van der Waals surface area contributed by atoms with E-state index in [2.05, 4.69) is 21.2 Å². The summed E-state index contributed by atoms with van der Waals surface area (Å²) < 4.78 is 27.6. The number of benzene rings is 1. The molecule has 5 nitrogen and oxygen atoms in total. The SMILES string of the molecule is O=C(NC1CCCCC1)C1CCN(S(=O)(=O)c2cccc(Br)c2)C1. The van der Waals surface area contributed by atoms with Crippen LogP contribution in [0.3, 0.4) is 0 Å². The Bertz CT molecular complexity index is 702. The number of hydrogen-bond acceptors (Lipinski definition) is 3. The fourth-order valence-corrected chi connectivity index (χ4v) is 5.60. The van der Waals surface area contributed by atoms with Gasteiger partial charge >= 0.3 is 0 Å². The van der Waals surface area contributed by atoms with Gasteiger partial charge < -0.3 is 5.32 Å². The first-order chi connectivity index (χ1) is 11.5. The Hall–Kier alpha value is -0.920. The topological polar surface area (TPSA) is 66.5 Å². The van der Waals surface area contributed by atoms with Gasteiger partial charge in [0.25, 0.3) is 0 Å². The number of amides is 1. The summed E-state index contributed by atoms with van der Waals surface area (Å²) in [4.78, 5) is 12.7. The molecule has 1 aliphatic heterocycles. The summed E-state index contributed by atoms with van der Waals surface area (Å²) in [5.41, 5.74) is 0. The quantitative estimate of drug-likeness (QED) is 0.823. The van der Waals surface area contributed by atoms with Gasteiger partial charge in [-0.25, -0.2) is 8.42 Å². The lowest BCUT2D eigenvalue weighted by molar-refractivity contribution is -0.125. The van der Waals surface area contributed by atoms with E-state index in [4.69, 9.17) is 0 Å². The van der Waals surface area contributed by atoms with Crippen LogP contribution >= 0.6 is 15.9 Å². The maximum Gasteiger partial charge on any atom is 0.243 e. The van der Waals surface area contributed by atoms with Crippen LogP contribution in [0.2, 0.25) is 0 Å². The summed E-state index contributed by atoms with van der Waals surface area (Å²) in [6, 6.07) is 6.96. The van der Waals surface area contributed by atoms with E-state index >= 15 is 0 Å². The predicted molar refractivity (Wildman–Crippen MR) is 96.0 cm³/mol. The van der Waals surface area contributed by atoms with E-state index in [9.17, 15) is 13.2 Å². The predicted octanol–water partition coefficient (Wildman–Crippen LogP) is 2.91. The molecular formula is C17H23BrN2O3S. The monoisotopic (exact) mass is 414 g/mol. The van der Waals surface area contributed by atoms with Crippen molar-refractivity contribution in [1.82, 2.24) is 9.62 Å². The van der Waals surface area contributed by atoms with Gasteiger partial charge in [-0.15, -0.1) is 0 Å². The van der Waals surface area contributed by atoms with E-state index in [1.165, 1.54) is 23.6 Å². The third-order valence-electron chi connectivity index (χ3n) is 4.91. The molecule has 1 unspecified atom stereocenters. The van der Waals surface area contributed by atoms with E-state index in [0.717, 1.165) is 17.3 Å². The Labute approximate surface area is 152 Å². The van der Waals surface area contributed by atoms with Crippen molar-refractivity contribution in [2.24, 2.45) is 5.92 Å². The highest BCUT2D eigenvalue weighted by Gasteiger charge is 2.36. The van der Waals surface area contributed by atoms with Crippen molar-refractivity contribution in [3.8, 4) is 0 Å². The number of halogens is 1. The Morgan fingerprint density at radius 1 is 1.17 bits per heavy atom. The average molecular weight is 415 g/mol. The zero-order valence-electron chi connectivity index (χ0n) is 13.6. The highest BCUT2D eigenvalue weighted by molar-refractivity contribution is 9.10. The molecule has 7 heteroatoms. The highest BCUT2D eigenvalue weighted by Crippen LogP contribution is 2.26. The second-order valence-electron chi connectivity index (χ2n) is 6.65. The van der Waals surface area contributed by atoms with Gasteiger partial charge in [0.15, 0.2) is 0 Å². The molecule has 24 heavy (non-hydrogen) atoms. The zero-order valence-corrected chi connectivity index (χ0v) is 16.0. The molecule has 1 heterocycles. The van der Waals surface area contributed by atoms with Crippen LogP contribution in [0.1, 0.15) is 38.5 Å². The van der Waals surface area contributed by atoms with E-state index in [1.807, 2.05) is 0 Å². The molecule has 1 aromatic carbocycles. The summed E-state index contributed by atoms with van der Waals surface area (Å²) in [5.74, 6) is -0.234. The van der Waals surface area contributed by atoms with Crippen LogP contribution in [0.4, 0.5) is 0 Å². The maximum absolute atomic E-state index is 12.7. The van der Waals surface area contributed by atoms with Crippen molar-refractivity contribution in [3.05, 3.63) is 28.7 Å². The second kappa shape index (κ2) is 7.54.